The van der Waals surface area contributed by atoms with Crippen LogP contribution in [0.2, 0.25) is 0 Å². The summed E-state index contributed by atoms with van der Waals surface area (Å²) in [4.78, 5) is 8.18. The standard InChI is InChI=1S/C13H16N4/c1-9-5-3-4-6-11(9)10(2)17-13-8-15-12(14)7-16-13/h3-8,10H,1-2H3,(H2,14,15)(H,16,17). The monoisotopic (exact) mass is 228 g/mol. The molecule has 0 aliphatic rings. The molecule has 88 valence electrons. The van der Waals surface area contributed by atoms with Gasteiger partial charge in [0.25, 0.3) is 0 Å². The molecule has 0 saturated heterocycles. The molecule has 4 nitrogen and oxygen atoms in total. The second-order valence-electron chi connectivity index (χ2n) is 4.05. The smallest absolute Gasteiger partial charge is 0.145 e. The van der Waals surface area contributed by atoms with Crippen molar-refractivity contribution in [3.8, 4) is 0 Å². The van der Waals surface area contributed by atoms with E-state index in [1.54, 1.807) is 12.4 Å². The summed E-state index contributed by atoms with van der Waals surface area (Å²) < 4.78 is 0. The van der Waals surface area contributed by atoms with Crippen molar-refractivity contribution in [1.82, 2.24) is 9.97 Å². The van der Waals surface area contributed by atoms with Gasteiger partial charge in [0.15, 0.2) is 0 Å². The van der Waals surface area contributed by atoms with Crippen LogP contribution in [0.1, 0.15) is 24.1 Å². The van der Waals surface area contributed by atoms with Gasteiger partial charge in [0.1, 0.15) is 11.6 Å². The Morgan fingerprint density at radius 1 is 1.18 bits per heavy atom. The van der Waals surface area contributed by atoms with E-state index >= 15 is 0 Å². The molecule has 4 heteroatoms. The van der Waals surface area contributed by atoms with Crippen molar-refractivity contribution in [1.29, 1.82) is 0 Å². The molecule has 0 spiro atoms. The molecule has 3 N–H and O–H groups in total. The molecule has 1 heterocycles. The maximum atomic E-state index is 5.49. The van der Waals surface area contributed by atoms with Crippen LogP contribution in [0.25, 0.3) is 0 Å². The zero-order chi connectivity index (χ0) is 12.3. The van der Waals surface area contributed by atoms with Crippen molar-refractivity contribution >= 4 is 11.6 Å². The number of nitrogens with one attached hydrogen (secondary N) is 1. The summed E-state index contributed by atoms with van der Waals surface area (Å²) in [6, 6.07) is 8.47. The third kappa shape index (κ3) is 2.72. The third-order valence-corrected chi connectivity index (χ3v) is 2.69. The van der Waals surface area contributed by atoms with Gasteiger partial charge in [-0.15, -0.1) is 0 Å². The van der Waals surface area contributed by atoms with Gasteiger partial charge in [-0.25, -0.2) is 9.97 Å². The fourth-order valence-corrected chi connectivity index (χ4v) is 1.78. The van der Waals surface area contributed by atoms with E-state index < -0.39 is 0 Å². The number of aryl methyl sites for hydroxylation is 1. The van der Waals surface area contributed by atoms with Crippen LogP contribution in [0.15, 0.2) is 36.7 Å². The van der Waals surface area contributed by atoms with E-state index in [-0.39, 0.29) is 6.04 Å². The first-order valence-corrected chi connectivity index (χ1v) is 5.56. The molecule has 1 atom stereocenters. The molecule has 1 aromatic carbocycles. The summed E-state index contributed by atoms with van der Waals surface area (Å²) in [7, 11) is 0. The lowest BCUT2D eigenvalue weighted by Crippen LogP contribution is -2.09. The Bertz CT molecular complexity index is 493. The fraction of sp³-hybridized carbons (Fsp3) is 0.231. The van der Waals surface area contributed by atoms with Gasteiger partial charge in [-0.1, -0.05) is 24.3 Å². The third-order valence-electron chi connectivity index (χ3n) is 2.69. The highest BCUT2D eigenvalue weighted by Gasteiger charge is 2.08. The van der Waals surface area contributed by atoms with Gasteiger partial charge in [-0.3, -0.25) is 0 Å². The number of rotatable bonds is 3. The van der Waals surface area contributed by atoms with Gasteiger partial charge < -0.3 is 11.1 Å². The van der Waals surface area contributed by atoms with Crippen molar-refractivity contribution < 1.29 is 0 Å². The topological polar surface area (TPSA) is 63.8 Å². The average Bonchev–Trinajstić information content (AvgIpc) is 2.32. The predicted molar refractivity (Wildman–Crippen MR) is 69.7 cm³/mol. The van der Waals surface area contributed by atoms with Gasteiger partial charge in [0.05, 0.1) is 18.4 Å². The first-order valence-electron chi connectivity index (χ1n) is 5.56. The second kappa shape index (κ2) is 4.82. The molecule has 1 aromatic heterocycles. The van der Waals surface area contributed by atoms with Crippen LogP contribution >= 0.6 is 0 Å². The number of aromatic nitrogens is 2. The van der Waals surface area contributed by atoms with E-state index in [4.69, 9.17) is 5.73 Å². The number of hydrogen-bond donors (Lipinski definition) is 2. The lowest BCUT2D eigenvalue weighted by Gasteiger charge is -2.16. The van der Waals surface area contributed by atoms with Gasteiger partial charge >= 0.3 is 0 Å². The number of hydrogen-bond acceptors (Lipinski definition) is 4. The Morgan fingerprint density at radius 2 is 1.94 bits per heavy atom. The Morgan fingerprint density at radius 3 is 2.59 bits per heavy atom. The van der Waals surface area contributed by atoms with Gasteiger partial charge in [-0.05, 0) is 25.0 Å². The van der Waals surface area contributed by atoms with E-state index in [2.05, 4.69) is 41.3 Å². The predicted octanol–water partition coefficient (Wildman–Crippen LogP) is 2.54. The van der Waals surface area contributed by atoms with Crippen LogP contribution < -0.4 is 11.1 Å². The molecule has 0 amide bonds. The maximum Gasteiger partial charge on any atom is 0.145 e. The zero-order valence-electron chi connectivity index (χ0n) is 10.0. The summed E-state index contributed by atoms with van der Waals surface area (Å²) in [5.74, 6) is 1.16. The Balaban J connectivity index is 2.14. The van der Waals surface area contributed by atoms with E-state index in [0.717, 1.165) is 5.82 Å². The molecule has 0 aliphatic carbocycles. The second-order valence-corrected chi connectivity index (χ2v) is 4.05. The molecule has 2 rings (SSSR count). The highest BCUT2D eigenvalue weighted by atomic mass is 15.0. The van der Waals surface area contributed by atoms with Crippen molar-refractivity contribution in [2.24, 2.45) is 0 Å². The van der Waals surface area contributed by atoms with Crippen LogP contribution in [-0.2, 0) is 0 Å². The SMILES string of the molecule is Cc1ccccc1C(C)Nc1cnc(N)cn1. The number of nitrogens with two attached hydrogens (primary N) is 1. The number of nitrogens with zero attached hydrogens (tertiary/aromatic N) is 2. The van der Waals surface area contributed by atoms with Crippen LogP contribution in [0.5, 0.6) is 0 Å². The van der Waals surface area contributed by atoms with E-state index in [9.17, 15) is 0 Å². The van der Waals surface area contributed by atoms with Gasteiger partial charge in [0.2, 0.25) is 0 Å². The van der Waals surface area contributed by atoms with Crippen LogP contribution in [0.3, 0.4) is 0 Å². The lowest BCUT2D eigenvalue weighted by molar-refractivity contribution is 0.862. The summed E-state index contributed by atoms with van der Waals surface area (Å²) in [6.07, 6.45) is 3.19. The highest BCUT2D eigenvalue weighted by molar-refractivity contribution is 5.40. The average molecular weight is 228 g/mol. The van der Waals surface area contributed by atoms with Crippen molar-refractivity contribution in [3.63, 3.8) is 0 Å². The molecular weight excluding hydrogens is 212 g/mol. The zero-order valence-corrected chi connectivity index (χ0v) is 10.0. The van der Waals surface area contributed by atoms with Crippen LogP contribution in [0, 0.1) is 6.92 Å². The van der Waals surface area contributed by atoms with Crippen LogP contribution in [0.4, 0.5) is 11.6 Å². The van der Waals surface area contributed by atoms with E-state index in [1.165, 1.54) is 11.1 Å². The van der Waals surface area contributed by atoms with Crippen LogP contribution in [-0.4, -0.2) is 9.97 Å². The Labute approximate surface area is 101 Å². The molecule has 17 heavy (non-hydrogen) atoms. The number of benzene rings is 1. The molecule has 0 radical (unpaired) electrons. The van der Waals surface area contributed by atoms with E-state index in [0.29, 0.717) is 5.82 Å². The van der Waals surface area contributed by atoms with Gasteiger partial charge in [-0.2, -0.15) is 0 Å². The molecule has 1 unspecified atom stereocenters. The molecule has 2 aromatic rings. The quantitative estimate of drug-likeness (QED) is 0.847. The normalized spacial score (nSPS) is 12.1. The van der Waals surface area contributed by atoms with Crippen molar-refractivity contribution in [3.05, 3.63) is 47.8 Å². The summed E-state index contributed by atoms with van der Waals surface area (Å²) in [6.45, 7) is 4.20. The molecule has 0 aliphatic heterocycles. The minimum atomic E-state index is 0.189. The maximum absolute atomic E-state index is 5.49. The molecule has 0 bridgehead atoms. The molecule has 0 saturated carbocycles. The summed E-state index contributed by atoms with van der Waals surface area (Å²) >= 11 is 0. The molecular formula is C13H16N4. The summed E-state index contributed by atoms with van der Waals surface area (Å²) in [5, 5.41) is 3.30. The lowest BCUT2D eigenvalue weighted by atomic mass is 10.0. The van der Waals surface area contributed by atoms with Crippen molar-refractivity contribution in [2.75, 3.05) is 11.1 Å². The highest BCUT2D eigenvalue weighted by Crippen LogP contribution is 2.20. The number of nitrogen functional groups attached to an aromatic ring is 1. The molecule has 0 fully saturated rings. The largest absolute Gasteiger partial charge is 0.382 e. The summed E-state index contributed by atoms with van der Waals surface area (Å²) in [5.41, 5.74) is 8.01. The Hall–Kier alpha value is -2.10. The first-order chi connectivity index (χ1) is 8.16. The Kier molecular flexibility index (Phi) is 3.23. The van der Waals surface area contributed by atoms with Crippen molar-refractivity contribution in [2.45, 2.75) is 19.9 Å². The minimum absolute atomic E-state index is 0.189. The van der Waals surface area contributed by atoms with E-state index in [1.807, 2.05) is 12.1 Å². The van der Waals surface area contributed by atoms with Gasteiger partial charge in [0, 0.05) is 0 Å². The number of anilines is 2. The fourth-order valence-electron chi connectivity index (χ4n) is 1.78. The first kappa shape index (κ1) is 11.4. The minimum Gasteiger partial charge on any atom is -0.382 e.